The lowest BCUT2D eigenvalue weighted by molar-refractivity contribution is 0.102. The molecule has 0 saturated carbocycles. The summed E-state index contributed by atoms with van der Waals surface area (Å²) < 4.78 is 36.0. The van der Waals surface area contributed by atoms with Crippen molar-refractivity contribution < 1.29 is 22.7 Å². The standard InChI is InChI=1S/C20H23NO5S.H2S/c1-14-5-3-4-6-18(14)21-20(22)17-11-16(7-8-19(17)25-2)27(23,24)13-15-9-10-26-12-15;/h3-8,11,15H,9-10,12-13H2,1-2H3,(H,21,22);1H2/t15-;/m0./s1. The fourth-order valence-corrected chi connectivity index (χ4v) is 4.73. The van der Waals surface area contributed by atoms with Crippen molar-refractivity contribution in [2.75, 3.05) is 31.4 Å². The zero-order valence-electron chi connectivity index (χ0n) is 15.9. The lowest BCUT2D eigenvalue weighted by Gasteiger charge is -2.14. The van der Waals surface area contributed by atoms with Gasteiger partial charge in [-0.2, -0.15) is 13.5 Å². The molecule has 1 heterocycles. The number of benzene rings is 2. The first-order chi connectivity index (χ1) is 12.9. The van der Waals surface area contributed by atoms with Crippen molar-refractivity contribution in [3.8, 4) is 5.75 Å². The van der Waals surface area contributed by atoms with Gasteiger partial charge in [0, 0.05) is 12.3 Å². The van der Waals surface area contributed by atoms with E-state index in [-0.39, 0.29) is 35.6 Å². The molecule has 0 aromatic heterocycles. The van der Waals surface area contributed by atoms with Gasteiger partial charge in [0.15, 0.2) is 9.84 Å². The van der Waals surface area contributed by atoms with Gasteiger partial charge in [-0.15, -0.1) is 0 Å². The predicted molar refractivity (Wildman–Crippen MR) is 113 cm³/mol. The van der Waals surface area contributed by atoms with E-state index in [9.17, 15) is 13.2 Å². The molecule has 2 aromatic rings. The van der Waals surface area contributed by atoms with Gasteiger partial charge >= 0.3 is 0 Å². The highest BCUT2D eigenvalue weighted by Crippen LogP contribution is 2.27. The Morgan fingerprint density at radius 3 is 2.64 bits per heavy atom. The number of hydrogen-bond acceptors (Lipinski definition) is 5. The van der Waals surface area contributed by atoms with Gasteiger partial charge in [-0.05, 0) is 49.1 Å². The Labute approximate surface area is 172 Å². The third-order valence-electron chi connectivity index (χ3n) is 4.65. The Morgan fingerprint density at radius 1 is 1.25 bits per heavy atom. The van der Waals surface area contributed by atoms with Crippen LogP contribution in [0.2, 0.25) is 0 Å². The lowest BCUT2D eigenvalue weighted by atomic mass is 10.1. The Kier molecular flexibility index (Phi) is 7.51. The highest BCUT2D eigenvalue weighted by atomic mass is 32.2. The maximum absolute atomic E-state index is 12.8. The number of ether oxygens (including phenoxy) is 2. The summed E-state index contributed by atoms with van der Waals surface area (Å²) in [6.45, 7) is 2.93. The number of hydrogen-bond donors (Lipinski definition) is 1. The van der Waals surface area contributed by atoms with Gasteiger partial charge in [-0.1, -0.05) is 18.2 Å². The molecule has 1 atom stereocenters. The molecule has 1 aliphatic heterocycles. The first kappa shape index (κ1) is 22.3. The van der Waals surface area contributed by atoms with Crippen molar-refractivity contribution in [3.05, 3.63) is 53.6 Å². The molecule has 1 amide bonds. The Bertz CT molecular complexity index is 937. The predicted octanol–water partition coefficient (Wildman–Crippen LogP) is 3.18. The second-order valence-corrected chi connectivity index (χ2v) is 8.68. The van der Waals surface area contributed by atoms with E-state index in [1.807, 2.05) is 25.1 Å². The minimum Gasteiger partial charge on any atom is -0.496 e. The molecule has 0 bridgehead atoms. The van der Waals surface area contributed by atoms with Gasteiger partial charge in [-0.25, -0.2) is 8.42 Å². The molecule has 6 nitrogen and oxygen atoms in total. The topological polar surface area (TPSA) is 81.7 Å². The summed E-state index contributed by atoms with van der Waals surface area (Å²) in [5.74, 6) is -0.0916. The van der Waals surface area contributed by atoms with Crippen LogP contribution >= 0.6 is 13.5 Å². The minimum atomic E-state index is -3.52. The average Bonchev–Trinajstić information content (AvgIpc) is 3.15. The maximum atomic E-state index is 12.8. The van der Waals surface area contributed by atoms with Crippen molar-refractivity contribution in [2.24, 2.45) is 5.92 Å². The van der Waals surface area contributed by atoms with Crippen LogP contribution in [-0.4, -0.2) is 40.4 Å². The average molecular weight is 424 g/mol. The van der Waals surface area contributed by atoms with Crippen molar-refractivity contribution >= 4 is 34.9 Å². The van der Waals surface area contributed by atoms with E-state index < -0.39 is 15.7 Å². The van der Waals surface area contributed by atoms with Crippen LogP contribution in [0.5, 0.6) is 5.75 Å². The molecular weight excluding hydrogens is 398 g/mol. The Balaban J connectivity index is 0.00000280. The first-order valence-electron chi connectivity index (χ1n) is 8.76. The van der Waals surface area contributed by atoms with Crippen LogP contribution in [0.25, 0.3) is 0 Å². The number of anilines is 1. The maximum Gasteiger partial charge on any atom is 0.259 e. The number of sulfone groups is 1. The Morgan fingerprint density at radius 2 is 2.00 bits per heavy atom. The van der Waals surface area contributed by atoms with Crippen LogP contribution in [0.3, 0.4) is 0 Å². The molecule has 2 aromatic carbocycles. The van der Waals surface area contributed by atoms with Gasteiger partial charge in [-0.3, -0.25) is 4.79 Å². The summed E-state index contributed by atoms with van der Waals surface area (Å²) in [6, 6.07) is 11.8. The highest BCUT2D eigenvalue weighted by Gasteiger charge is 2.26. The number of nitrogens with one attached hydrogen (secondary N) is 1. The van der Waals surface area contributed by atoms with E-state index in [0.717, 1.165) is 12.0 Å². The smallest absolute Gasteiger partial charge is 0.259 e. The minimum absolute atomic E-state index is 0. The second-order valence-electron chi connectivity index (χ2n) is 6.64. The molecule has 1 N–H and O–H groups in total. The van der Waals surface area contributed by atoms with Gasteiger partial charge in [0.1, 0.15) is 5.75 Å². The number of methoxy groups -OCH3 is 1. The summed E-state index contributed by atoms with van der Waals surface area (Å²) in [5.41, 5.74) is 1.76. The van der Waals surface area contributed by atoms with Gasteiger partial charge in [0.05, 0.1) is 29.9 Å². The summed E-state index contributed by atoms with van der Waals surface area (Å²) in [7, 11) is -2.07. The van der Waals surface area contributed by atoms with Crippen LogP contribution in [0, 0.1) is 12.8 Å². The van der Waals surface area contributed by atoms with Gasteiger partial charge in [0.25, 0.3) is 5.91 Å². The van der Waals surface area contributed by atoms with Crippen LogP contribution in [-0.2, 0) is 14.6 Å². The molecule has 1 saturated heterocycles. The number of carbonyl (C=O) groups excluding carboxylic acids is 1. The molecule has 28 heavy (non-hydrogen) atoms. The third-order valence-corrected chi connectivity index (χ3v) is 6.53. The number of carbonyl (C=O) groups is 1. The van der Waals surface area contributed by atoms with E-state index in [0.29, 0.717) is 24.7 Å². The zero-order valence-corrected chi connectivity index (χ0v) is 17.7. The van der Waals surface area contributed by atoms with Crippen molar-refractivity contribution in [1.82, 2.24) is 0 Å². The summed E-state index contributed by atoms with van der Waals surface area (Å²) >= 11 is 0. The SMILES string of the molecule is COc1ccc(S(=O)(=O)C[C@H]2CCOC2)cc1C(=O)Nc1ccccc1C.S. The summed E-state index contributed by atoms with van der Waals surface area (Å²) in [4.78, 5) is 12.9. The van der Waals surface area contributed by atoms with E-state index >= 15 is 0 Å². The fourth-order valence-electron chi connectivity index (χ4n) is 3.08. The molecule has 0 radical (unpaired) electrons. The quantitative estimate of drug-likeness (QED) is 0.772. The molecule has 0 spiro atoms. The summed E-state index contributed by atoms with van der Waals surface area (Å²) in [5, 5.41) is 2.82. The molecular formula is C20H25NO5S2. The van der Waals surface area contributed by atoms with Crippen LogP contribution in [0.1, 0.15) is 22.3 Å². The molecule has 8 heteroatoms. The first-order valence-corrected chi connectivity index (χ1v) is 10.4. The molecule has 1 fully saturated rings. The lowest BCUT2D eigenvalue weighted by Crippen LogP contribution is -2.18. The Hall–Kier alpha value is -2.03. The van der Waals surface area contributed by atoms with Crippen LogP contribution in [0.4, 0.5) is 5.69 Å². The summed E-state index contributed by atoms with van der Waals surface area (Å²) in [6.07, 6.45) is 0.732. The monoisotopic (exact) mass is 423 g/mol. The van der Waals surface area contributed by atoms with Crippen LogP contribution < -0.4 is 10.1 Å². The largest absolute Gasteiger partial charge is 0.496 e. The van der Waals surface area contributed by atoms with E-state index in [2.05, 4.69) is 5.32 Å². The molecule has 1 aliphatic rings. The van der Waals surface area contributed by atoms with E-state index in [1.54, 1.807) is 6.07 Å². The highest BCUT2D eigenvalue weighted by molar-refractivity contribution is 7.91. The molecule has 3 rings (SSSR count). The van der Waals surface area contributed by atoms with Crippen molar-refractivity contribution in [1.29, 1.82) is 0 Å². The van der Waals surface area contributed by atoms with Crippen LogP contribution in [0.15, 0.2) is 47.4 Å². The second kappa shape index (κ2) is 9.45. The normalized spacial score (nSPS) is 16.3. The number of rotatable bonds is 6. The van der Waals surface area contributed by atoms with E-state index in [1.165, 1.54) is 25.3 Å². The van der Waals surface area contributed by atoms with Gasteiger partial charge in [0.2, 0.25) is 0 Å². The third kappa shape index (κ3) is 5.06. The van der Waals surface area contributed by atoms with Crippen molar-refractivity contribution in [3.63, 3.8) is 0 Å². The molecule has 0 unspecified atom stereocenters. The zero-order chi connectivity index (χ0) is 19.4. The molecule has 152 valence electrons. The number of para-hydroxylation sites is 1. The number of amides is 1. The van der Waals surface area contributed by atoms with E-state index in [4.69, 9.17) is 9.47 Å². The molecule has 0 aliphatic carbocycles. The van der Waals surface area contributed by atoms with Gasteiger partial charge < -0.3 is 14.8 Å². The fraction of sp³-hybridized carbons (Fsp3) is 0.350. The number of aryl methyl sites for hydroxylation is 1. The van der Waals surface area contributed by atoms with Crippen molar-refractivity contribution in [2.45, 2.75) is 18.2 Å².